The Bertz CT molecular complexity index is 686. The molecule has 1 aliphatic heterocycles. The van der Waals surface area contributed by atoms with Crippen LogP contribution in [0.5, 0.6) is 5.88 Å². The molecule has 0 atom stereocenters. The zero-order valence-electron chi connectivity index (χ0n) is 13.3. The van der Waals surface area contributed by atoms with Gasteiger partial charge in [0.25, 0.3) is 5.91 Å². The van der Waals surface area contributed by atoms with Crippen molar-refractivity contribution in [3.63, 3.8) is 0 Å². The Morgan fingerprint density at radius 3 is 2.83 bits per heavy atom. The molecule has 0 saturated carbocycles. The summed E-state index contributed by atoms with van der Waals surface area (Å²) in [7, 11) is 3.40. The van der Waals surface area contributed by atoms with Crippen LogP contribution in [0.1, 0.15) is 16.8 Å². The van der Waals surface area contributed by atoms with Gasteiger partial charge in [-0.1, -0.05) is 0 Å². The van der Waals surface area contributed by atoms with Crippen molar-refractivity contribution in [1.29, 1.82) is 0 Å². The number of carbonyl (C=O) groups excluding carboxylic acids is 1. The smallest absolute Gasteiger partial charge is 0.257 e. The normalized spacial score (nSPS) is 15.4. The van der Waals surface area contributed by atoms with Crippen molar-refractivity contribution in [3.8, 4) is 5.88 Å². The van der Waals surface area contributed by atoms with Gasteiger partial charge in [0.15, 0.2) is 0 Å². The number of anilines is 1. The van der Waals surface area contributed by atoms with Crippen LogP contribution >= 0.6 is 0 Å². The molecular formula is C15H20N6O2. The molecule has 0 spiro atoms. The summed E-state index contributed by atoms with van der Waals surface area (Å²) >= 11 is 0. The minimum atomic E-state index is 0.0280. The van der Waals surface area contributed by atoms with Crippen molar-refractivity contribution >= 4 is 11.7 Å². The summed E-state index contributed by atoms with van der Waals surface area (Å²) in [5.41, 5.74) is 0.629. The third kappa shape index (κ3) is 3.41. The average Bonchev–Trinajstić information content (AvgIpc) is 2.86. The first kappa shape index (κ1) is 15.3. The molecule has 0 N–H and O–H groups in total. The standard InChI is InChI=1S/C15H20N6O2/c1-19-10-12(9-18-19)15(22)21-5-3-4-20(6-7-21)13-8-14(23-2)17-11-16-13/h8-11H,3-7H2,1-2H3. The third-order valence-electron chi connectivity index (χ3n) is 3.90. The van der Waals surface area contributed by atoms with E-state index < -0.39 is 0 Å². The van der Waals surface area contributed by atoms with Crippen molar-refractivity contribution < 1.29 is 9.53 Å². The summed E-state index contributed by atoms with van der Waals surface area (Å²) in [6, 6.07) is 1.82. The highest BCUT2D eigenvalue weighted by atomic mass is 16.5. The Morgan fingerprint density at radius 2 is 2.09 bits per heavy atom. The Kier molecular flexibility index (Phi) is 4.40. The first-order valence-corrected chi connectivity index (χ1v) is 7.56. The van der Waals surface area contributed by atoms with E-state index in [1.54, 1.807) is 24.2 Å². The Balaban J connectivity index is 1.68. The molecule has 0 bridgehead atoms. The molecule has 8 heteroatoms. The van der Waals surface area contributed by atoms with E-state index in [4.69, 9.17) is 4.74 Å². The van der Waals surface area contributed by atoms with E-state index >= 15 is 0 Å². The van der Waals surface area contributed by atoms with E-state index in [0.717, 1.165) is 31.9 Å². The van der Waals surface area contributed by atoms with Crippen LogP contribution in [0.15, 0.2) is 24.8 Å². The van der Waals surface area contributed by atoms with Gasteiger partial charge in [-0.3, -0.25) is 9.48 Å². The maximum atomic E-state index is 12.5. The van der Waals surface area contributed by atoms with Gasteiger partial charge in [0, 0.05) is 45.5 Å². The van der Waals surface area contributed by atoms with Crippen molar-refractivity contribution in [1.82, 2.24) is 24.6 Å². The number of ether oxygens (including phenoxy) is 1. The summed E-state index contributed by atoms with van der Waals surface area (Å²) < 4.78 is 6.79. The predicted octanol–water partition coefficient (Wildman–Crippen LogP) is 0.571. The van der Waals surface area contributed by atoms with Crippen molar-refractivity contribution in [3.05, 3.63) is 30.4 Å². The van der Waals surface area contributed by atoms with Gasteiger partial charge >= 0.3 is 0 Å². The van der Waals surface area contributed by atoms with E-state index in [-0.39, 0.29) is 5.91 Å². The van der Waals surface area contributed by atoms with Crippen molar-refractivity contribution in [2.45, 2.75) is 6.42 Å². The predicted molar refractivity (Wildman–Crippen MR) is 84.5 cm³/mol. The maximum Gasteiger partial charge on any atom is 0.257 e. The van der Waals surface area contributed by atoms with Crippen molar-refractivity contribution in [2.75, 3.05) is 38.2 Å². The van der Waals surface area contributed by atoms with Crippen LogP contribution in [0.25, 0.3) is 0 Å². The van der Waals surface area contributed by atoms with E-state index in [9.17, 15) is 4.79 Å². The highest BCUT2D eigenvalue weighted by molar-refractivity contribution is 5.93. The van der Waals surface area contributed by atoms with Gasteiger partial charge in [0.1, 0.15) is 12.1 Å². The van der Waals surface area contributed by atoms with E-state index in [1.807, 2.05) is 18.0 Å². The van der Waals surface area contributed by atoms with Gasteiger partial charge < -0.3 is 14.5 Å². The summed E-state index contributed by atoms with van der Waals surface area (Å²) in [6.07, 6.45) is 5.75. The summed E-state index contributed by atoms with van der Waals surface area (Å²) in [5.74, 6) is 1.40. The number of aryl methyl sites for hydroxylation is 1. The Morgan fingerprint density at radius 1 is 1.22 bits per heavy atom. The SMILES string of the molecule is COc1cc(N2CCCN(C(=O)c3cnn(C)c3)CC2)ncn1. The highest BCUT2D eigenvalue weighted by Gasteiger charge is 2.22. The van der Waals surface area contributed by atoms with Gasteiger partial charge in [-0.25, -0.2) is 9.97 Å². The van der Waals surface area contributed by atoms with Crippen LogP contribution in [0.3, 0.4) is 0 Å². The second kappa shape index (κ2) is 6.64. The van der Waals surface area contributed by atoms with Gasteiger partial charge in [-0.05, 0) is 6.42 Å². The highest BCUT2D eigenvalue weighted by Crippen LogP contribution is 2.18. The minimum absolute atomic E-state index is 0.0280. The third-order valence-corrected chi connectivity index (χ3v) is 3.90. The number of nitrogens with zero attached hydrogens (tertiary/aromatic N) is 6. The molecule has 2 aromatic heterocycles. The van der Waals surface area contributed by atoms with Crippen LogP contribution in [0.2, 0.25) is 0 Å². The molecule has 3 rings (SSSR count). The fraction of sp³-hybridized carbons (Fsp3) is 0.467. The van der Waals surface area contributed by atoms with Crippen LogP contribution in [-0.2, 0) is 7.05 Å². The monoisotopic (exact) mass is 316 g/mol. The first-order chi connectivity index (χ1) is 11.2. The number of hydrogen-bond acceptors (Lipinski definition) is 6. The molecule has 1 aliphatic rings. The fourth-order valence-electron chi connectivity index (χ4n) is 2.68. The summed E-state index contributed by atoms with van der Waals surface area (Å²) in [4.78, 5) is 24.9. The molecule has 0 unspecified atom stereocenters. The number of aromatic nitrogens is 4. The molecule has 1 saturated heterocycles. The lowest BCUT2D eigenvalue weighted by Gasteiger charge is -2.22. The zero-order valence-corrected chi connectivity index (χ0v) is 13.3. The number of methoxy groups -OCH3 is 1. The van der Waals surface area contributed by atoms with Crippen LogP contribution < -0.4 is 9.64 Å². The molecule has 0 aliphatic carbocycles. The van der Waals surface area contributed by atoms with Crippen LogP contribution in [0, 0.1) is 0 Å². The van der Waals surface area contributed by atoms with Crippen molar-refractivity contribution in [2.24, 2.45) is 7.05 Å². The number of carbonyl (C=O) groups is 1. The molecular weight excluding hydrogens is 296 g/mol. The maximum absolute atomic E-state index is 12.5. The molecule has 1 fully saturated rings. The quantitative estimate of drug-likeness (QED) is 0.824. The number of rotatable bonds is 3. The molecule has 2 aromatic rings. The topological polar surface area (TPSA) is 76.4 Å². The zero-order chi connectivity index (χ0) is 16.2. The lowest BCUT2D eigenvalue weighted by molar-refractivity contribution is 0.0767. The van der Waals surface area contributed by atoms with Gasteiger partial charge in [-0.2, -0.15) is 5.10 Å². The number of amides is 1. The van der Waals surface area contributed by atoms with Gasteiger partial charge in [0.2, 0.25) is 5.88 Å². The number of hydrogen-bond donors (Lipinski definition) is 0. The summed E-state index contributed by atoms with van der Waals surface area (Å²) in [6.45, 7) is 2.95. The van der Waals surface area contributed by atoms with E-state index in [2.05, 4.69) is 20.0 Å². The summed E-state index contributed by atoms with van der Waals surface area (Å²) in [5, 5.41) is 4.07. The minimum Gasteiger partial charge on any atom is -0.481 e. The molecule has 122 valence electrons. The van der Waals surface area contributed by atoms with E-state index in [0.29, 0.717) is 18.0 Å². The van der Waals surface area contributed by atoms with Gasteiger partial charge in [-0.15, -0.1) is 0 Å². The molecule has 0 radical (unpaired) electrons. The lowest BCUT2D eigenvalue weighted by atomic mass is 10.3. The average molecular weight is 316 g/mol. The van der Waals surface area contributed by atoms with Crippen LogP contribution in [-0.4, -0.2) is 63.8 Å². The second-order valence-corrected chi connectivity index (χ2v) is 5.45. The molecule has 23 heavy (non-hydrogen) atoms. The van der Waals surface area contributed by atoms with Crippen LogP contribution in [0.4, 0.5) is 5.82 Å². The fourth-order valence-corrected chi connectivity index (χ4v) is 2.68. The lowest BCUT2D eigenvalue weighted by Crippen LogP contribution is -2.35. The van der Waals surface area contributed by atoms with Gasteiger partial charge in [0.05, 0.1) is 18.9 Å². The molecule has 8 nitrogen and oxygen atoms in total. The molecule has 1 amide bonds. The Labute approximate surface area is 134 Å². The molecule has 3 heterocycles. The largest absolute Gasteiger partial charge is 0.481 e. The van der Waals surface area contributed by atoms with E-state index in [1.165, 1.54) is 6.33 Å². The Hall–Kier alpha value is -2.64. The second-order valence-electron chi connectivity index (χ2n) is 5.45. The molecule has 0 aromatic carbocycles. The first-order valence-electron chi connectivity index (χ1n) is 7.56.